The van der Waals surface area contributed by atoms with Gasteiger partial charge in [-0.3, -0.25) is 9.59 Å². The Hall–Kier alpha value is -1.66. The van der Waals surface area contributed by atoms with Crippen LogP contribution in [0.2, 0.25) is 0 Å². The maximum atomic E-state index is 12.4. The lowest BCUT2D eigenvalue weighted by Crippen LogP contribution is -2.45. The minimum Gasteiger partial charge on any atom is -0.466 e. The number of carbonyl (C=O) groups excluding carboxylic acids is 2. The molecule has 0 bridgehead atoms. The molecule has 2 unspecified atom stereocenters. The minimum atomic E-state index is -0.844. The van der Waals surface area contributed by atoms with Gasteiger partial charge in [0.1, 0.15) is 0 Å². The molecule has 3 N–H and O–H groups in total. The van der Waals surface area contributed by atoms with Gasteiger partial charge in [-0.2, -0.15) is 0 Å². The summed E-state index contributed by atoms with van der Waals surface area (Å²) in [7, 11) is 0. The van der Waals surface area contributed by atoms with E-state index >= 15 is 0 Å². The van der Waals surface area contributed by atoms with E-state index in [-0.39, 0.29) is 18.5 Å². The third kappa shape index (κ3) is 51.7. The zero-order valence-corrected chi connectivity index (χ0v) is 44.4. The number of allylic oxidation sites excluding steroid dienone is 3. The lowest BCUT2D eigenvalue weighted by molar-refractivity contribution is -0.143. The fourth-order valence-corrected chi connectivity index (χ4v) is 9.16. The quantitative estimate of drug-likeness (QED) is 0.0321. The molecule has 2 atom stereocenters. The molecule has 0 aliphatic rings. The first-order chi connectivity index (χ1) is 32.5. The van der Waals surface area contributed by atoms with Crippen LogP contribution in [0.4, 0.5) is 0 Å². The summed E-state index contributed by atoms with van der Waals surface area (Å²) in [5.41, 5.74) is 0. The van der Waals surface area contributed by atoms with E-state index in [0.29, 0.717) is 19.4 Å². The lowest BCUT2D eigenvalue weighted by Gasteiger charge is -2.20. The first kappa shape index (κ1) is 64.3. The normalized spacial score (nSPS) is 12.7. The second-order valence-corrected chi connectivity index (χ2v) is 20.3. The van der Waals surface area contributed by atoms with Gasteiger partial charge in [-0.1, -0.05) is 276 Å². The van der Waals surface area contributed by atoms with Gasteiger partial charge < -0.3 is 20.3 Å². The SMILES string of the molecule is CCCCCCCCC/C=C\CCCCCCCC(=O)OCCCCCCCCCCCCCCCCCCCCCCCC(=O)NC(CO)C(O)/C=C/CCCCCCCCCCCC. The van der Waals surface area contributed by atoms with Crippen LogP contribution < -0.4 is 5.32 Å². The van der Waals surface area contributed by atoms with Crippen LogP contribution in [0.3, 0.4) is 0 Å². The van der Waals surface area contributed by atoms with Gasteiger partial charge in [0.25, 0.3) is 0 Å². The molecule has 390 valence electrons. The predicted octanol–water partition coefficient (Wildman–Crippen LogP) is 18.2. The van der Waals surface area contributed by atoms with Gasteiger partial charge in [-0.05, 0) is 57.8 Å². The summed E-state index contributed by atoms with van der Waals surface area (Å²) in [6, 6.07) is -0.627. The molecule has 0 aromatic rings. The number of aliphatic hydroxyl groups is 2. The number of hydrogen-bond donors (Lipinski definition) is 3. The van der Waals surface area contributed by atoms with Crippen molar-refractivity contribution in [1.82, 2.24) is 5.32 Å². The number of hydrogen-bond acceptors (Lipinski definition) is 5. The summed E-state index contributed by atoms with van der Waals surface area (Å²) in [4.78, 5) is 24.5. The van der Waals surface area contributed by atoms with Gasteiger partial charge in [0.2, 0.25) is 5.91 Å². The van der Waals surface area contributed by atoms with Gasteiger partial charge in [0, 0.05) is 12.8 Å². The van der Waals surface area contributed by atoms with Crippen molar-refractivity contribution in [3.8, 4) is 0 Å². The average molecular weight is 931 g/mol. The van der Waals surface area contributed by atoms with E-state index in [9.17, 15) is 19.8 Å². The van der Waals surface area contributed by atoms with E-state index in [4.69, 9.17) is 4.74 Å². The number of nitrogens with one attached hydrogen (secondary N) is 1. The molecule has 0 radical (unpaired) electrons. The van der Waals surface area contributed by atoms with Crippen LogP contribution in [0.1, 0.15) is 322 Å². The van der Waals surface area contributed by atoms with Gasteiger partial charge in [-0.25, -0.2) is 0 Å². The summed E-state index contributed by atoms with van der Waals surface area (Å²) in [6.45, 7) is 4.90. The fraction of sp³-hybridized carbons (Fsp3) is 0.900. The number of unbranched alkanes of at least 4 members (excludes halogenated alkanes) is 42. The highest BCUT2D eigenvalue weighted by Gasteiger charge is 2.18. The Kier molecular flexibility index (Phi) is 54.5. The third-order valence-corrected chi connectivity index (χ3v) is 13.7. The highest BCUT2D eigenvalue weighted by atomic mass is 16.5. The summed E-state index contributed by atoms with van der Waals surface area (Å²) in [6.07, 6.45) is 67.8. The summed E-state index contributed by atoms with van der Waals surface area (Å²) >= 11 is 0. The maximum Gasteiger partial charge on any atom is 0.305 e. The van der Waals surface area contributed by atoms with E-state index in [1.54, 1.807) is 6.08 Å². The molecule has 0 heterocycles. The molecule has 6 nitrogen and oxygen atoms in total. The van der Waals surface area contributed by atoms with E-state index in [1.807, 2.05) is 6.08 Å². The second-order valence-electron chi connectivity index (χ2n) is 20.3. The number of esters is 1. The van der Waals surface area contributed by atoms with Gasteiger partial charge in [0.05, 0.1) is 25.4 Å². The van der Waals surface area contributed by atoms with Crippen molar-refractivity contribution < 1.29 is 24.5 Å². The zero-order valence-electron chi connectivity index (χ0n) is 44.4. The molecule has 0 rings (SSSR count). The molecule has 66 heavy (non-hydrogen) atoms. The Morgan fingerprint density at radius 3 is 1.08 bits per heavy atom. The Morgan fingerprint density at radius 1 is 0.409 bits per heavy atom. The fourth-order valence-electron chi connectivity index (χ4n) is 9.16. The predicted molar refractivity (Wildman–Crippen MR) is 287 cm³/mol. The molecule has 6 heteroatoms. The van der Waals surface area contributed by atoms with Crippen LogP contribution in [-0.2, 0) is 14.3 Å². The molecule has 0 saturated heterocycles. The Labute approximate surface area is 411 Å². The largest absolute Gasteiger partial charge is 0.466 e. The Balaban J connectivity index is 3.39. The van der Waals surface area contributed by atoms with E-state index in [2.05, 4.69) is 31.3 Å². The molecular formula is C60H115NO5. The van der Waals surface area contributed by atoms with Crippen molar-refractivity contribution in [2.24, 2.45) is 0 Å². The Bertz CT molecular complexity index is 1030. The zero-order chi connectivity index (χ0) is 47.9. The maximum absolute atomic E-state index is 12.4. The summed E-state index contributed by atoms with van der Waals surface area (Å²) in [5.74, 6) is -0.0650. The van der Waals surface area contributed by atoms with Gasteiger partial charge in [-0.15, -0.1) is 0 Å². The van der Waals surface area contributed by atoms with Crippen molar-refractivity contribution in [3.05, 3.63) is 24.3 Å². The van der Waals surface area contributed by atoms with E-state index in [1.165, 1.54) is 250 Å². The van der Waals surface area contributed by atoms with Gasteiger partial charge >= 0.3 is 5.97 Å². The average Bonchev–Trinajstić information content (AvgIpc) is 3.32. The first-order valence-electron chi connectivity index (χ1n) is 29.6. The molecular weight excluding hydrogens is 815 g/mol. The van der Waals surface area contributed by atoms with E-state index < -0.39 is 12.1 Å². The molecule has 0 aromatic carbocycles. The molecule has 0 spiro atoms. The number of ether oxygens (including phenoxy) is 1. The summed E-state index contributed by atoms with van der Waals surface area (Å²) in [5, 5.41) is 23.0. The molecule has 1 amide bonds. The standard InChI is InChI=1S/C60H115NO5/c1-3-5-7-9-11-13-15-17-18-27-30-34-38-42-46-50-54-60(65)66-55-51-47-43-39-35-31-28-25-23-21-19-20-22-24-26-29-33-37-41-45-49-53-59(64)61-57(56-62)58(63)52-48-44-40-36-32-16-14-12-10-8-6-4-2/h18,27,48,52,57-58,62-63H,3-17,19-26,28-47,49-51,53-56H2,1-2H3,(H,61,64)/b27-18-,52-48+. The van der Waals surface area contributed by atoms with Crippen LogP contribution in [0.25, 0.3) is 0 Å². The third-order valence-electron chi connectivity index (χ3n) is 13.7. The van der Waals surface area contributed by atoms with Crippen LogP contribution in [0.5, 0.6) is 0 Å². The van der Waals surface area contributed by atoms with Crippen molar-refractivity contribution >= 4 is 11.9 Å². The highest BCUT2D eigenvalue weighted by molar-refractivity contribution is 5.76. The molecule has 0 aliphatic carbocycles. The molecule has 0 aliphatic heterocycles. The van der Waals surface area contributed by atoms with Crippen LogP contribution in [0.15, 0.2) is 24.3 Å². The van der Waals surface area contributed by atoms with Crippen LogP contribution in [-0.4, -0.2) is 47.4 Å². The Morgan fingerprint density at radius 2 is 0.712 bits per heavy atom. The first-order valence-corrected chi connectivity index (χ1v) is 29.6. The van der Waals surface area contributed by atoms with E-state index in [0.717, 1.165) is 44.9 Å². The lowest BCUT2D eigenvalue weighted by atomic mass is 10.0. The van der Waals surface area contributed by atoms with Crippen molar-refractivity contribution in [1.29, 1.82) is 0 Å². The number of rotatable bonds is 55. The number of amides is 1. The smallest absolute Gasteiger partial charge is 0.305 e. The van der Waals surface area contributed by atoms with Crippen molar-refractivity contribution in [2.75, 3.05) is 13.2 Å². The monoisotopic (exact) mass is 930 g/mol. The van der Waals surface area contributed by atoms with Crippen molar-refractivity contribution in [2.45, 2.75) is 334 Å². The topological polar surface area (TPSA) is 95.9 Å². The molecule has 0 aromatic heterocycles. The second kappa shape index (κ2) is 55.9. The van der Waals surface area contributed by atoms with Gasteiger partial charge in [0.15, 0.2) is 0 Å². The highest BCUT2D eigenvalue weighted by Crippen LogP contribution is 2.17. The molecule has 0 saturated carbocycles. The summed E-state index contributed by atoms with van der Waals surface area (Å²) < 4.78 is 5.48. The minimum absolute atomic E-state index is 0.00408. The van der Waals surface area contributed by atoms with Crippen molar-refractivity contribution in [3.63, 3.8) is 0 Å². The van der Waals surface area contributed by atoms with Crippen LogP contribution >= 0.6 is 0 Å². The number of aliphatic hydroxyl groups excluding tert-OH is 2. The molecule has 0 fully saturated rings. The van der Waals surface area contributed by atoms with Crippen LogP contribution in [0, 0.1) is 0 Å². The number of carbonyl (C=O) groups is 2.